The number of rotatable bonds is 7. The summed E-state index contributed by atoms with van der Waals surface area (Å²) in [6, 6.07) is 16.1. The van der Waals surface area contributed by atoms with E-state index in [-0.39, 0.29) is 23.7 Å². The summed E-state index contributed by atoms with van der Waals surface area (Å²) in [5.74, 6) is -0.00229. The highest BCUT2D eigenvalue weighted by molar-refractivity contribution is 5.78. The first-order valence-electron chi connectivity index (χ1n) is 10.7. The number of hydrogen-bond acceptors (Lipinski definition) is 4. The number of phenols is 1. The van der Waals surface area contributed by atoms with Gasteiger partial charge in [-0.25, -0.2) is 0 Å². The van der Waals surface area contributed by atoms with Crippen LogP contribution in [0.4, 0.5) is 0 Å². The van der Waals surface area contributed by atoms with Crippen LogP contribution >= 0.6 is 0 Å². The highest BCUT2D eigenvalue weighted by Crippen LogP contribution is 2.38. The Balaban J connectivity index is 1.98. The van der Waals surface area contributed by atoms with E-state index in [9.17, 15) is 9.90 Å². The zero-order chi connectivity index (χ0) is 20.8. The molecule has 1 N–H and O–H groups in total. The van der Waals surface area contributed by atoms with Gasteiger partial charge in [0.05, 0.1) is 19.1 Å². The summed E-state index contributed by atoms with van der Waals surface area (Å²) in [5.41, 5.74) is 2.90. The number of likely N-dealkylation sites (tertiary alicyclic amines) is 1. The number of piperidine rings is 1. The van der Waals surface area contributed by atoms with Crippen molar-refractivity contribution >= 4 is 5.97 Å². The molecule has 0 radical (unpaired) electrons. The number of benzene rings is 2. The minimum absolute atomic E-state index is 0.0206. The molecule has 0 bridgehead atoms. The zero-order valence-electron chi connectivity index (χ0n) is 17.8. The summed E-state index contributed by atoms with van der Waals surface area (Å²) in [7, 11) is 1.42. The predicted octanol–water partition coefficient (Wildman–Crippen LogP) is 5.27. The first-order valence-corrected chi connectivity index (χ1v) is 10.7. The predicted molar refractivity (Wildman–Crippen MR) is 116 cm³/mol. The standard InChI is InChI=1S/C25H33NO3/c1-18(2)16-22(25(28)29-3)20-12-13-21(23(27)17-20)24(19-10-6-4-7-11-19)26-14-8-5-9-15-26/h4,6-7,10-13,17-18,22,24,27H,5,8-9,14-16H2,1-3H3. The third kappa shape index (κ3) is 5.18. The molecule has 2 aromatic rings. The molecule has 1 saturated heterocycles. The van der Waals surface area contributed by atoms with Crippen molar-refractivity contribution in [1.82, 2.24) is 4.90 Å². The second kappa shape index (κ2) is 9.93. The minimum Gasteiger partial charge on any atom is -0.508 e. The van der Waals surface area contributed by atoms with Crippen LogP contribution < -0.4 is 0 Å². The third-order valence-electron chi connectivity index (χ3n) is 5.82. The van der Waals surface area contributed by atoms with Crippen LogP contribution in [0.2, 0.25) is 0 Å². The van der Waals surface area contributed by atoms with E-state index >= 15 is 0 Å². The van der Waals surface area contributed by atoms with Crippen molar-refractivity contribution in [3.05, 3.63) is 65.2 Å². The fourth-order valence-corrected chi connectivity index (χ4v) is 4.39. The Hall–Kier alpha value is -2.33. The van der Waals surface area contributed by atoms with E-state index in [1.54, 1.807) is 6.07 Å². The van der Waals surface area contributed by atoms with E-state index in [0.29, 0.717) is 12.3 Å². The van der Waals surface area contributed by atoms with Gasteiger partial charge in [0.15, 0.2) is 0 Å². The molecule has 4 nitrogen and oxygen atoms in total. The molecule has 3 rings (SSSR count). The summed E-state index contributed by atoms with van der Waals surface area (Å²) in [6.45, 7) is 6.23. The fraction of sp³-hybridized carbons (Fsp3) is 0.480. The average Bonchev–Trinajstić information content (AvgIpc) is 2.74. The molecule has 2 aromatic carbocycles. The lowest BCUT2D eigenvalue weighted by atomic mass is 9.87. The molecule has 156 valence electrons. The molecule has 0 aliphatic carbocycles. The molecule has 0 spiro atoms. The van der Waals surface area contributed by atoms with Gasteiger partial charge >= 0.3 is 5.97 Å². The van der Waals surface area contributed by atoms with Crippen LogP contribution in [-0.2, 0) is 9.53 Å². The molecule has 2 unspecified atom stereocenters. The number of nitrogens with zero attached hydrogens (tertiary/aromatic N) is 1. The maximum absolute atomic E-state index is 12.3. The lowest BCUT2D eigenvalue weighted by molar-refractivity contribution is -0.142. The monoisotopic (exact) mass is 395 g/mol. The van der Waals surface area contributed by atoms with Gasteiger partial charge in [0.25, 0.3) is 0 Å². The lowest BCUT2D eigenvalue weighted by Gasteiger charge is -2.35. The van der Waals surface area contributed by atoms with Crippen LogP contribution in [0.5, 0.6) is 5.75 Å². The number of carbonyl (C=O) groups is 1. The number of esters is 1. The summed E-state index contributed by atoms with van der Waals surface area (Å²) < 4.78 is 5.02. The molecule has 1 heterocycles. The maximum Gasteiger partial charge on any atom is 0.313 e. The molecular weight excluding hydrogens is 362 g/mol. The van der Waals surface area contributed by atoms with Gasteiger partial charge in [-0.05, 0) is 55.5 Å². The molecule has 29 heavy (non-hydrogen) atoms. The summed E-state index contributed by atoms with van der Waals surface area (Å²) in [4.78, 5) is 14.8. The van der Waals surface area contributed by atoms with E-state index in [1.807, 2.05) is 30.3 Å². The Bertz CT molecular complexity index is 797. The van der Waals surface area contributed by atoms with Crippen molar-refractivity contribution in [3.63, 3.8) is 0 Å². The third-order valence-corrected chi connectivity index (χ3v) is 5.82. The maximum atomic E-state index is 12.3. The van der Waals surface area contributed by atoms with Gasteiger partial charge in [-0.3, -0.25) is 9.69 Å². The van der Waals surface area contributed by atoms with Gasteiger partial charge in [0.1, 0.15) is 5.75 Å². The van der Waals surface area contributed by atoms with Crippen molar-refractivity contribution in [2.75, 3.05) is 20.2 Å². The first-order chi connectivity index (χ1) is 14.0. The second-order valence-electron chi connectivity index (χ2n) is 8.43. The quantitative estimate of drug-likeness (QED) is 0.649. The molecule has 1 fully saturated rings. The Kier molecular flexibility index (Phi) is 7.32. The van der Waals surface area contributed by atoms with Gasteiger partial charge in [-0.2, -0.15) is 0 Å². The van der Waals surface area contributed by atoms with Crippen LogP contribution in [0.3, 0.4) is 0 Å². The van der Waals surface area contributed by atoms with Gasteiger partial charge in [0.2, 0.25) is 0 Å². The van der Waals surface area contributed by atoms with Crippen LogP contribution in [0.15, 0.2) is 48.5 Å². The summed E-state index contributed by atoms with van der Waals surface area (Å²) >= 11 is 0. The number of ether oxygens (including phenoxy) is 1. The van der Waals surface area contributed by atoms with Crippen LogP contribution in [0.25, 0.3) is 0 Å². The topological polar surface area (TPSA) is 49.8 Å². The zero-order valence-corrected chi connectivity index (χ0v) is 17.8. The smallest absolute Gasteiger partial charge is 0.313 e. The fourth-order valence-electron chi connectivity index (χ4n) is 4.39. The average molecular weight is 396 g/mol. The van der Waals surface area contributed by atoms with Crippen LogP contribution in [0.1, 0.15) is 68.2 Å². The molecule has 1 aliphatic rings. The highest BCUT2D eigenvalue weighted by atomic mass is 16.5. The summed E-state index contributed by atoms with van der Waals surface area (Å²) in [5, 5.41) is 11.0. The van der Waals surface area contributed by atoms with E-state index in [0.717, 1.165) is 24.2 Å². The lowest BCUT2D eigenvalue weighted by Crippen LogP contribution is -2.34. The van der Waals surface area contributed by atoms with Gasteiger partial charge in [-0.1, -0.05) is 62.7 Å². The van der Waals surface area contributed by atoms with E-state index in [1.165, 1.54) is 31.9 Å². The van der Waals surface area contributed by atoms with E-state index in [2.05, 4.69) is 30.9 Å². The minimum atomic E-state index is -0.356. The van der Waals surface area contributed by atoms with Gasteiger partial charge in [0, 0.05) is 5.56 Å². The Morgan fingerprint density at radius 1 is 1.03 bits per heavy atom. The Morgan fingerprint density at radius 3 is 2.31 bits per heavy atom. The number of methoxy groups -OCH3 is 1. The Labute approximate surface area is 174 Å². The molecule has 1 aliphatic heterocycles. The highest BCUT2D eigenvalue weighted by Gasteiger charge is 2.28. The second-order valence-corrected chi connectivity index (χ2v) is 8.43. The van der Waals surface area contributed by atoms with Crippen molar-refractivity contribution in [2.24, 2.45) is 5.92 Å². The molecule has 0 amide bonds. The van der Waals surface area contributed by atoms with Crippen molar-refractivity contribution in [1.29, 1.82) is 0 Å². The number of hydrogen-bond donors (Lipinski definition) is 1. The molecular formula is C25H33NO3. The first kappa shape index (κ1) is 21.4. The van der Waals surface area contributed by atoms with E-state index < -0.39 is 0 Å². The largest absolute Gasteiger partial charge is 0.508 e. The SMILES string of the molecule is COC(=O)C(CC(C)C)c1ccc(C(c2ccccc2)N2CCCCC2)c(O)c1. The normalized spacial score (nSPS) is 17.1. The number of carbonyl (C=O) groups excluding carboxylic acids is 1. The van der Waals surface area contributed by atoms with Gasteiger partial charge < -0.3 is 9.84 Å². The Morgan fingerprint density at radius 2 is 1.72 bits per heavy atom. The van der Waals surface area contributed by atoms with Crippen molar-refractivity contribution in [2.45, 2.75) is 51.5 Å². The molecule has 0 saturated carbocycles. The molecule has 2 atom stereocenters. The van der Waals surface area contributed by atoms with Crippen molar-refractivity contribution < 1.29 is 14.6 Å². The van der Waals surface area contributed by atoms with Crippen LogP contribution in [-0.4, -0.2) is 36.2 Å². The molecule has 0 aromatic heterocycles. The number of aromatic hydroxyl groups is 1. The number of phenolic OH excluding ortho intramolecular Hbond substituents is 1. The van der Waals surface area contributed by atoms with E-state index in [4.69, 9.17) is 4.74 Å². The van der Waals surface area contributed by atoms with Crippen molar-refractivity contribution in [3.8, 4) is 5.75 Å². The summed E-state index contributed by atoms with van der Waals surface area (Å²) in [6.07, 6.45) is 4.32. The van der Waals surface area contributed by atoms with Crippen LogP contribution in [0, 0.1) is 5.92 Å². The molecule has 4 heteroatoms. The van der Waals surface area contributed by atoms with Gasteiger partial charge in [-0.15, -0.1) is 0 Å².